The van der Waals surface area contributed by atoms with E-state index in [4.69, 9.17) is 5.73 Å². The van der Waals surface area contributed by atoms with Gasteiger partial charge in [-0.05, 0) is 30.5 Å². The van der Waals surface area contributed by atoms with Crippen molar-refractivity contribution in [1.29, 1.82) is 0 Å². The first-order valence-electron chi connectivity index (χ1n) is 6.54. The van der Waals surface area contributed by atoms with Gasteiger partial charge in [0.1, 0.15) is 0 Å². The van der Waals surface area contributed by atoms with Crippen molar-refractivity contribution in [1.82, 2.24) is 4.90 Å². The molecule has 0 saturated carbocycles. The van der Waals surface area contributed by atoms with Crippen LogP contribution in [0, 0.1) is 5.41 Å². The summed E-state index contributed by atoms with van der Waals surface area (Å²) in [6.45, 7) is 10.7. The van der Waals surface area contributed by atoms with Crippen molar-refractivity contribution in [3.63, 3.8) is 0 Å². The first-order chi connectivity index (χ1) is 8.07. The molecule has 0 aliphatic carbocycles. The minimum atomic E-state index is 0.215. The van der Waals surface area contributed by atoms with E-state index in [9.17, 15) is 0 Å². The Morgan fingerprint density at radius 2 is 1.82 bits per heavy atom. The molecule has 0 saturated heterocycles. The van der Waals surface area contributed by atoms with Crippen LogP contribution in [0.2, 0.25) is 0 Å². The maximum atomic E-state index is 5.79. The molecule has 0 aliphatic heterocycles. The largest absolute Gasteiger partial charge is 0.330 e. The molecule has 1 aromatic carbocycles. The Hall–Kier alpha value is -0.860. The summed E-state index contributed by atoms with van der Waals surface area (Å²) in [7, 11) is 0. The average molecular weight is 234 g/mol. The third-order valence-corrected chi connectivity index (χ3v) is 3.21. The van der Waals surface area contributed by atoms with Crippen molar-refractivity contribution in [2.24, 2.45) is 11.1 Å². The van der Waals surface area contributed by atoms with Crippen LogP contribution in [0.25, 0.3) is 0 Å². The second kappa shape index (κ2) is 6.77. The van der Waals surface area contributed by atoms with Crippen LogP contribution in [0.4, 0.5) is 0 Å². The van der Waals surface area contributed by atoms with E-state index < -0.39 is 0 Å². The highest BCUT2D eigenvalue weighted by atomic mass is 15.1. The summed E-state index contributed by atoms with van der Waals surface area (Å²) in [4.78, 5) is 2.49. The Balaban J connectivity index is 2.43. The molecule has 0 unspecified atom stereocenters. The number of hydrogen-bond donors (Lipinski definition) is 1. The van der Waals surface area contributed by atoms with E-state index in [-0.39, 0.29) is 5.41 Å². The van der Waals surface area contributed by atoms with E-state index in [1.807, 2.05) is 0 Å². The summed E-state index contributed by atoms with van der Waals surface area (Å²) >= 11 is 0. The highest BCUT2D eigenvalue weighted by molar-refractivity contribution is 5.14. The van der Waals surface area contributed by atoms with Crippen molar-refractivity contribution in [3.8, 4) is 0 Å². The van der Waals surface area contributed by atoms with E-state index >= 15 is 0 Å². The predicted octanol–water partition coefficient (Wildman–Crippen LogP) is 2.54. The molecule has 2 heteroatoms. The van der Waals surface area contributed by atoms with E-state index in [2.05, 4.69) is 56.0 Å². The Bertz CT molecular complexity index is 306. The maximum absolute atomic E-state index is 5.79. The van der Waals surface area contributed by atoms with Crippen molar-refractivity contribution in [2.45, 2.75) is 27.2 Å². The normalized spacial score (nSPS) is 12.1. The first kappa shape index (κ1) is 14.2. The monoisotopic (exact) mass is 234 g/mol. The molecule has 2 nitrogen and oxygen atoms in total. The quantitative estimate of drug-likeness (QED) is 0.785. The van der Waals surface area contributed by atoms with E-state index in [1.165, 1.54) is 5.56 Å². The van der Waals surface area contributed by atoms with Crippen LogP contribution >= 0.6 is 0 Å². The number of benzene rings is 1. The predicted molar refractivity (Wildman–Crippen MR) is 75.1 cm³/mol. The van der Waals surface area contributed by atoms with E-state index in [0.717, 1.165) is 32.6 Å². The van der Waals surface area contributed by atoms with Gasteiger partial charge in [0.25, 0.3) is 0 Å². The lowest BCUT2D eigenvalue weighted by Gasteiger charge is -2.31. The fourth-order valence-electron chi connectivity index (χ4n) is 1.95. The lowest BCUT2D eigenvalue weighted by atomic mass is 9.93. The maximum Gasteiger partial charge on any atom is 0.00448 e. The third kappa shape index (κ3) is 5.33. The Morgan fingerprint density at radius 1 is 1.18 bits per heavy atom. The summed E-state index contributed by atoms with van der Waals surface area (Å²) in [6.07, 6.45) is 1.12. The van der Waals surface area contributed by atoms with Crippen molar-refractivity contribution in [3.05, 3.63) is 35.9 Å². The van der Waals surface area contributed by atoms with Crippen LogP contribution in [0.1, 0.15) is 26.3 Å². The number of nitrogens with two attached hydrogens (primary N) is 1. The molecular formula is C15H26N2. The van der Waals surface area contributed by atoms with Crippen LogP contribution in [-0.2, 0) is 6.42 Å². The fraction of sp³-hybridized carbons (Fsp3) is 0.600. The van der Waals surface area contributed by atoms with E-state index in [1.54, 1.807) is 0 Å². The van der Waals surface area contributed by atoms with Gasteiger partial charge in [-0.2, -0.15) is 0 Å². The van der Waals surface area contributed by atoms with Gasteiger partial charge in [0, 0.05) is 13.1 Å². The van der Waals surface area contributed by atoms with Gasteiger partial charge in [-0.25, -0.2) is 0 Å². The molecule has 0 atom stereocenters. The third-order valence-electron chi connectivity index (χ3n) is 3.21. The van der Waals surface area contributed by atoms with Gasteiger partial charge in [0.05, 0.1) is 0 Å². The Morgan fingerprint density at radius 3 is 2.35 bits per heavy atom. The fourth-order valence-corrected chi connectivity index (χ4v) is 1.95. The molecule has 1 rings (SSSR count). The zero-order valence-electron chi connectivity index (χ0n) is 11.4. The summed E-state index contributed by atoms with van der Waals surface area (Å²) in [6, 6.07) is 10.7. The molecule has 0 bridgehead atoms. The number of hydrogen-bond acceptors (Lipinski definition) is 2. The Kier molecular flexibility index (Phi) is 5.66. The molecule has 0 aromatic heterocycles. The first-order valence-corrected chi connectivity index (χ1v) is 6.54. The number of nitrogens with zero attached hydrogens (tertiary/aromatic N) is 1. The van der Waals surface area contributed by atoms with Gasteiger partial charge in [-0.15, -0.1) is 0 Å². The molecular weight excluding hydrogens is 208 g/mol. The van der Waals surface area contributed by atoms with Gasteiger partial charge in [0.2, 0.25) is 0 Å². The van der Waals surface area contributed by atoms with Crippen LogP contribution in [0.5, 0.6) is 0 Å². The number of likely N-dealkylation sites (N-methyl/N-ethyl adjacent to an activating group) is 1. The minimum absolute atomic E-state index is 0.215. The van der Waals surface area contributed by atoms with Crippen molar-refractivity contribution in [2.75, 3.05) is 26.2 Å². The molecule has 1 aromatic rings. The van der Waals surface area contributed by atoms with Gasteiger partial charge in [-0.1, -0.05) is 51.1 Å². The molecule has 0 radical (unpaired) electrons. The highest BCUT2D eigenvalue weighted by Crippen LogP contribution is 2.15. The molecule has 0 heterocycles. The zero-order valence-corrected chi connectivity index (χ0v) is 11.4. The summed E-state index contributed by atoms with van der Waals surface area (Å²) < 4.78 is 0. The topological polar surface area (TPSA) is 29.3 Å². The summed E-state index contributed by atoms with van der Waals surface area (Å²) in [5, 5.41) is 0. The molecule has 2 N–H and O–H groups in total. The number of rotatable bonds is 7. The van der Waals surface area contributed by atoms with Crippen LogP contribution < -0.4 is 5.73 Å². The standard InChI is InChI=1S/C15H26N2/c1-4-17(13-15(2,3)12-16)11-10-14-8-6-5-7-9-14/h5-9H,4,10-13,16H2,1-3H3. The summed E-state index contributed by atoms with van der Waals surface area (Å²) in [5.41, 5.74) is 7.42. The zero-order chi connectivity index (χ0) is 12.7. The second-order valence-electron chi connectivity index (χ2n) is 5.47. The van der Waals surface area contributed by atoms with Gasteiger partial charge >= 0.3 is 0 Å². The molecule has 0 amide bonds. The molecule has 96 valence electrons. The van der Waals surface area contributed by atoms with Crippen LogP contribution in [-0.4, -0.2) is 31.1 Å². The van der Waals surface area contributed by atoms with Crippen molar-refractivity contribution >= 4 is 0 Å². The van der Waals surface area contributed by atoms with E-state index in [0.29, 0.717) is 0 Å². The molecule has 17 heavy (non-hydrogen) atoms. The lowest BCUT2D eigenvalue weighted by Crippen LogP contribution is -2.39. The average Bonchev–Trinajstić information content (AvgIpc) is 2.35. The molecule has 0 fully saturated rings. The van der Waals surface area contributed by atoms with Gasteiger partial charge in [-0.3, -0.25) is 0 Å². The molecule has 0 aliphatic rings. The van der Waals surface area contributed by atoms with Gasteiger partial charge < -0.3 is 10.6 Å². The smallest absolute Gasteiger partial charge is 0.00448 e. The van der Waals surface area contributed by atoms with Gasteiger partial charge in [0.15, 0.2) is 0 Å². The second-order valence-corrected chi connectivity index (χ2v) is 5.47. The SMILES string of the molecule is CCN(CCc1ccccc1)CC(C)(C)CN. The van der Waals surface area contributed by atoms with Crippen LogP contribution in [0.3, 0.4) is 0 Å². The van der Waals surface area contributed by atoms with Crippen molar-refractivity contribution < 1.29 is 0 Å². The molecule has 0 spiro atoms. The highest BCUT2D eigenvalue weighted by Gasteiger charge is 2.18. The summed E-state index contributed by atoms with van der Waals surface area (Å²) in [5.74, 6) is 0. The Labute approximate surface area is 106 Å². The van der Waals surface area contributed by atoms with Crippen LogP contribution in [0.15, 0.2) is 30.3 Å². The minimum Gasteiger partial charge on any atom is -0.330 e. The lowest BCUT2D eigenvalue weighted by molar-refractivity contribution is 0.192.